The van der Waals surface area contributed by atoms with E-state index in [1.54, 1.807) is 0 Å². The number of β-amino-alcohol motifs (C(OH)–C–C–N with tert-alkyl or cyclic N) is 1. The number of rotatable bonds is 5. The van der Waals surface area contributed by atoms with E-state index in [-0.39, 0.29) is 0 Å². The normalized spacial score (nSPS) is 25.0. The second-order valence-electron chi connectivity index (χ2n) is 5.18. The van der Waals surface area contributed by atoms with E-state index in [9.17, 15) is 0 Å². The Morgan fingerprint density at radius 3 is 2.40 bits per heavy atom. The second-order valence-corrected chi connectivity index (χ2v) is 5.18. The molecule has 0 bridgehead atoms. The number of aliphatic hydroxyl groups excluding tert-OH is 1. The molecule has 0 aromatic rings. The van der Waals surface area contributed by atoms with Crippen molar-refractivity contribution in [1.82, 2.24) is 9.80 Å². The molecule has 0 amide bonds. The van der Waals surface area contributed by atoms with E-state index in [0.717, 1.165) is 18.5 Å². The van der Waals surface area contributed by atoms with Gasteiger partial charge < -0.3 is 14.9 Å². The number of hydrogen-bond acceptors (Lipinski definition) is 3. The van der Waals surface area contributed by atoms with Gasteiger partial charge in [-0.05, 0) is 51.7 Å². The zero-order chi connectivity index (χ0) is 10.7. The molecule has 0 unspecified atom stereocenters. The van der Waals surface area contributed by atoms with Crippen LogP contribution in [0.4, 0.5) is 0 Å². The van der Waals surface area contributed by atoms with Crippen LogP contribution in [0.1, 0.15) is 25.7 Å². The van der Waals surface area contributed by atoms with Crippen LogP contribution >= 0.6 is 0 Å². The fourth-order valence-electron chi connectivity index (χ4n) is 2.61. The highest BCUT2D eigenvalue weighted by atomic mass is 16.3. The molecule has 1 saturated carbocycles. The highest BCUT2D eigenvalue weighted by molar-refractivity contribution is 4.84. The lowest BCUT2D eigenvalue weighted by Gasteiger charge is -2.33. The summed E-state index contributed by atoms with van der Waals surface area (Å²) in [6.07, 6.45) is 5.47. The average molecular weight is 212 g/mol. The van der Waals surface area contributed by atoms with E-state index in [4.69, 9.17) is 5.11 Å². The summed E-state index contributed by atoms with van der Waals surface area (Å²) in [6, 6.07) is 0.903. The minimum atomic E-state index is 0.312. The van der Waals surface area contributed by atoms with Gasteiger partial charge in [0.2, 0.25) is 0 Å². The molecule has 15 heavy (non-hydrogen) atoms. The van der Waals surface area contributed by atoms with Crippen LogP contribution in [0.3, 0.4) is 0 Å². The topological polar surface area (TPSA) is 26.7 Å². The van der Waals surface area contributed by atoms with E-state index in [1.807, 2.05) is 0 Å². The number of likely N-dealkylation sites (tertiary alicyclic amines) is 1. The van der Waals surface area contributed by atoms with Crippen molar-refractivity contribution in [3.63, 3.8) is 0 Å². The van der Waals surface area contributed by atoms with E-state index < -0.39 is 0 Å². The van der Waals surface area contributed by atoms with Crippen molar-refractivity contribution in [2.75, 3.05) is 39.8 Å². The molecule has 88 valence electrons. The molecule has 2 fully saturated rings. The van der Waals surface area contributed by atoms with Crippen LogP contribution < -0.4 is 0 Å². The van der Waals surface area contributed by atoms with Gasteiger partial charge in [0.25, 0.3) is 0 Å². The van der Waals surface area contributed by atoms with Crippen LogP contribution in [0.25, 0.3) is 0 Å². The molecule has 1 aliphatic heterocycles. The van der Waals surface area contributed by atoms with E-state index in [2.05, 4.69) is 16.8 Å². The molecule has 0 radical (unpaired) electrons. The van der Waals surface area contributed by atoms with Crippen molar-refractivity contribution in [1.29, 1.82) is 0 Å². The third-order valence-corrected chi connectivity index (χ3v) is 3.84. The Morgan fingerprint density at radius 1 is 1.20 bits per heavy atom. The molecule has 0 atom stereocenters. The fraction of sp³-hybridized carbons (Fsp3) is 1.00. The van der Waals surface area contributed by atoms with Crippen molar-refractivity contribution in [3.05, 3.63) is 0 Å². The zero-order valence-electron chi connectivity index (χ0n) is 9.86. The van der Waals surface area contributed by atoms with Gasteiger partial charge in [0.05, 0.1) is 6.61 Å². The smallest absolute Gasteiger partial charge is 0.0558 e. The lowest BCUT2D eigenvalue weighted by Crippen LogP contribution is -2.39. The van der Waals surface area contributed by atoms with Crippen molar-refractivity contribution in [2.45, 2.75) is 31.7 Å². The first-order chi connectivity index (χ1) is 7.29. The molecule has 3 heteroatoms. The summed E-state index contributed by atoms with van der Waals surface area (Å²) in [6.45, 7) is 4.84. The standard InChI is InChI=1S/C12H24N2O/c1-13(12-2-3-12)10-11-4-6-14(7-5-11)8-9-15/h11-12,15H,2-10H2,1H3. The van der Waals surface area contributed by atoms with Gasteiger partial charge in [0.15, 0.2) is 0 Å². The summed E-state index contributed by atoms with van der Waals surface area (Å²) in [7, 11) is 2.28. The Hall–Kier alpha value is -0.120. The van der Waals surface area contributed by atoms with Crippen LogP contribution in [0.5, 0.6) is 0 Å². The monoisotopic (exact) mass is 212 g/mol. The van der Waals surface area contributed by atoms with Gasteiger partial charge >= 0.3 is 0 Å². The van der Waals surface area contributed by atoms with Crippen molar-refractivity contribution in [2.24, 2.45) is 5.92 Å². The predicted octanol–water partition coefficient (Wildman–Crippen LogP) is 0.785. The Morgan fingerprint density at radius 2 is 1.87 bits per heavy atom. The van der Waals surface area contributed by atoms with Crippen LogP contribution in [0, 0.1) is 5.92 Å². The predicted molar refractivity (Wildman–Crippen MR) is 61.9 cm³/mol. The third-order valence-electron chi connectivity index (χ3n) is 3.84. The number of nitrogens with zero attached hydrogens (tertiary/aromatic N) is 2. The zero-order valence-corrected chi connectivity index (χ0v) is 9.86. The summed E-state index contributed by atoms with van der Waals surface area (Å²) >= 11 is 0. The van der Waals surface area contributed by atoms with Crippen molar-refractivity contribution < 1.29 is 5.11 Å². The average Bonchev–Trinajstić information content (AvgIpc) is 3.04. The molecule has 0 aromatic heterocycles. The molecule has 2 aliphatic rings. The van der Waals surface area contributed by atoms with Crippen molar-refractivity contribution in [3.8, 4) is 0 Å². The van der Waals surface area contributed by atoms with Gasteiger partial charge in [0, 0.05) is 19.1 Å². The minimum Gasteiger partial charge on any atom is -0.395 e. The Labute approximate surface area is 93.1 Å². The van der Waals surface area contributed by atoms with Gasteiger partial charge in [-0.25, -0.2) is 0 Å². The van der Waals surface area contributed by atoms with Crippen LogP contribution in [0.2, 0.25) is 0 Å². The Kier molecular flexibility index (Phi) is 4.00. The molecule has 1 N–H and O–H groups in total. The second kappa shape index (κ2) is 5.28. The molecule has 0 aromatic carbocycles. The fourth-order valence-corrected chi connectivity index (χ4v) is 2.61. The Balaban J connectivity index is 1.64. The lowest BCUT2D eigenvalue weighted by molar-refractivity contribution is 0.129. The van der Waals surface area contributed by atoms with Gasteiger partial charge in [0.1, 0.15) is 0 Å². The van der Waals surface area contributed by atoms with Crippen LogP contribution in [-0.4, -0.2) is 60.8 Å². The number of piperidine rings is 1. The van der Waals surface area contributed by atoms with Gasteiger partial charge in [-0.3, -0.25) is 0 Å². The van der Waals surface area contributed by atoms with Crippen molar-refractivity contribution >= 4 is 0 Å². The molecule has 1 heterocycles. The summed E-state index contributed by atoms with van der Waals surface area (Å²) in [5.41, 5.74) is 0. The summed E-state index contributed by atoms with van der Waals surface area (Å²) in [5, 5.41) is 8.86. The first-order valence-electron chi connectivity index (χ1n) is 6.33. The number of hydrogen-bond donors (Lipinski definition) is 1. The van der Waals surface area contributed by atoms with E-state index >= 15 is 0 Å². The molecular weight excluding hydrogens is 188 g/mol. The molecule has 2 rings (SSSR count). The lowest BCUT2D eigenvalue weighted by atomic mass is 9.96. The maximum Gasteiger partial charge on any atom is 0.0558 e. The van der Waals surface area contributed by atoms with Gasteiger partial charge in [-0.2, -0.15) is 0 Å². The molecule has 3 nitrogen and oxygen atoms in total. The third kappa shape index (κ3) is 3.44. The quantitative estimate of drug-likeness (QED) is 0.730. The molecule has 0 spiro atoms. The van der Waals surface area contributed by atoms with Crippen LogP contribution in [-0.2, 0) is 0 Å². The number of aliphatic hydroxyl groups is 1. The maximum absolute atomic E-state index is 8.86. The summed E-state index contributed by atoms with van der Waals surface area (Å²) < 4.78 is 0. The maximum atomic E-state index is 8.86. The SMILES string of the molecule is CN(CC1CCN(CCO)CC1)C1CC1. The molecule has 1 aliphatic carbocycles. The molecular formula is C12H24N2O. The summed E-state index contributed by atoms with van der Waals surface area (Å²) in [5.74, 6) is 0.894. The first kappa shape index (κ1) is 11.4. The first-order valence-corrected chi connectivity index (χ1v) is 6.33. The van der Waals surface area contributed by atoms with E-state index in [1.165, 1.54) is 45.3 Å². The minimum absolute atomic E-state index is 0.312. The van der Waals surface area contributed by atoms with Gasteiger partial charge in [-0.1, -0.05) is 0 Å². The van der Waals surface area contributed by atoms with Crippen LogP contribution in [0.15, 0.2) is 0 Å². The summed E-state index contributed by atoms with van der Waals surface area (Å²) in [4.78, 5) is 4.93. The highest BCUT2D eigenvalue weighted by Gasteiger charge is 2.28. The molecule has 1 saturated heterocycles. The van der Waals surface area contributed by atoms with Gasteiger partial charge in [-0.15, -0.1) is 0 Å². The Bertz CT molecular complexity index is 186. The van der Waals surface area contributed by atoms with E-state index in [0.29, 0.717) is 6.61 Å². The highest BCUT2D eigenvalue weighted by Crippen LogP contribution is 2.27. The largest absolute Gasteiger partial charge is 0.395 e.